The topological polar surface area (TPSA) is 37.8 Å². The van der Waals surface area contributed by atoms with Gasteiger partial charge in [-0.25, -0.2) is 9.97 Å². The van der Waals surface area contributed by atoms with Crippen LogP contribution >= 0.6 is 22.9 Å². The monoisotopic (exact) mass is 295 g/mol. The molecule has 0 saturated heterocycles. The summed E-state index contributed by atoms with van der Waals surface area (Å²) in [5.74, 6) is 0. The molecule has 0 aliphatic carbocycles. The predicted octanol–water partition coefficient (Wildman–Crippen LogP) is 4.41. The molecule has 2 aromatic rings. The highest BCUT2D eigenvalue weighted by Gasteiger charge is 2.17. The van der Waals surface area contributed by atoms with Gasteiger partial charge in [0.05, 0.1) is 22.9 Å². The summed E-state index contributed by atoms with van der Waals surface area (Å²) in [6.45, 7) is 9.17. The van der Waals surface area contributed by atoms with Crippen molar-refractivity contribution in [1.29, 1.82) is 0 Å². The van der Waals surface area contributed by atoms with Crippen LogP contribution in [0.15, 0.2) is 17.6 Å². The number of aryl methyl sites for hydroxylation is 1. The number of pyridine rings is 1. The largest absolute Gasteiger partial charge is 0.377 e. The molecule has 0 aliphatic heterocycles. The molecule has 1 N–H and O–H groups in total. The first-order valence-corrected chi connectivity index (χ1v) is 7.43. The molecule has 0 amide bonds. The number of nitrogens with one attached hydrogen (secondary N) is 1. The Kier molecular flexibility index (Phi) is 4.11. The first kappa shape index (κ1) is 14.3. The maximum atomic E-state index is 6.05. The van der Waals surface area contributed by atoms with Crippen LogP contribution in [0.2, 0.25) is 5.15 Å². The highest BCUT2D eigenvalue weighted by atomic mass is 35.5. The van der Waals surface area contributed by atoms with Gasteiger partial charge >= 0.3 is 0 Å². The number of aromatic nitrogens is 2. The third kappa shape index (κ3) is 3.67. The van der Waals surface area contributed by atoms with Crippen LogP contribution in [-0.2, 0) is 12.0 Å². The molecule has 0 unspecified atom stereocenters. The van der Waals surface area contributed by atoms with Gasteiger partial charge in [0.15, 0.2) is 5.15 Å². The van der Waals surface area contributed by atoms with Crippen LogP contribution in [0.5, 0.6) is 0 Å². The first-order valence-electron chi connectivity index (χ1n) is 6.17. The van der Waals surface area contributed by atoms with Crippen LogP contribution in [0, 0.1) is 6.92 Å². The van der Waals surface area contributed by atoms with Crippen molar-refractivity contribution in [2.24, 2.45) is 0 Å². The van der Waals surface area contributed by atoms with Gasteiger partial charge in [-0.2, -0.15) is 0 Å². The Bertz CT molecular complexity index is 572. The minimum absolute atomic E-state index is 0.103. The Hall–Kier alpha value is -1.13. The minimum Gasteiger partial charge on any atom is -0.377 e. The summed E-state index contributed by atoms with van der Waals surface area (Å²) in [7, 11) is 0. The van der Waals surface area contributed by atoms with Crippen molar-refractivity contribution in [3.05, 3.63) is 39.1 Å². The predicted molar refractivity (Wildman–Crippen MR) is 82.1 cm³/mol. The van der Waals surface area contributed by atoms with E-state index in [9.17, 15) is 0 Å². The van der Waals surface area contributed by atoms with E-state index in [1.165, 1.54) is 0 Å². The molecule has 0 saturated carbocycles. The SMILES string of the molecule is Cc1cnc(Cl)c(NCc2csc(C(C)(C)C)n2)c1. The molecular formula is C14H18ClN3S. The van der Waals surface area contributed by atoms with Gasteiger partial charge in [0.2, 0.25) is 0 Å². The number of rotatable bonds is 3. The molecule has 3 nitrogen and oxygen atoms in total. The van der Waals surface area contributed by atoms with E-state index in [0.29, 0.717) is 11.7 Å². The van der Waals surface area contributed by atoms with E-state index in [-0.39, 0.29) is 5.41 Å². The molecule has 0 bridgehead atoms. The Morgan fingerprint density at radius 2 is 2.11 bits per heavy atom. The normalized spacial score (nSPS) is 11.6. The first-order chi connectivity index (χ1) is 8.86. The Balaban J connectivity index is 2.06. The van der Waals surface area contributed by atoms with Gasteiger partial charge in [0.25, 0.3) is 0 Å². The summed E-state index contributed by atoms with van der Waals surface area (Å²) < 4.78 is 0. The number of hydrogen-bond donors (Lipinski definition) is 1. The molecule has 2 rings (SSSR count). The number of anilines is 1. The zero-order chi connectivity index (χ0) is 14.0. The Morgan fingerprint density at radius 3 is 2.74 bits per heavy atom. The molecule has 0 aromatic carbocycles. The lowest BCUT2D eigenvalue weighted by Crippen LogP contribution is -2.11. The van der Waals surface area contributed by atoms with E-state index in [2.05, 4.69) is 41.4 Å². The van der Waals surface area contributed by atoms with Gasteiger partial charge in [-0.05, 0) is 18.6 Å². The number of nitrogens with zero attached hydrogens (tertiary/aromatic N) is 2. The fraction of sp³-hybridized carbons (Fsp3) is 0.429. The highest BCUT2D eigenvalue weighted by Crippen LogP contribution is 2.26. The smallest absolute Gasteiger partial charge is 0.152 e. The molecule has 2 aromatic heterocycles. The standard InChI is InChI=1S/C14H18ClN3S/c1-9-5-11(12(15)17-6-9)16-7-10-8-19-13(18-10)14(2,3)4/h5-6,8,16H,7H2,1-4H3. The van der Waals surface area contributed by atoms with E-state index in [1.54, 1.807) is 17.5 Å². The van der Waals surface area contributed by atoms with Crippen molar-refractivity contribution in [2.75, 3.05) is 5.32 Å². The molecule has 0 spiro atoms. The van der Waals surface area contributed by atoms with Crippen LogP contribution < -0.4 is 5.32 Å². The van der Waals surface area contributed by atoms with E-state index in [4.69, 9.17) is 11.6 Å². The fourth-order valence-corrected chi connectivity index (χ4v) is 2.67. The van der Waals surface area contributed by atoms with Gasteiger partial charge in [0.1, 0.15) is 0 Å². The van der Waals surface area contributed by atoms with Gasteiger partial charge in [0, 0.05) is 17.0 Å². The second-order valence-corrected chi connectivity index (χ2v) is 6.81. The summed E-state index contributed by atoms with van der Waals surface area (Å²) >= 11 is 7.75. The summed E-state index contributed by atoms with van der Waals surface area (Å²) in [5.41, 5.74) is 3.07. The lowest BCUT2D eigenvalue weighted by atomic mass is 9.98. The number of thiazole rings is 1. The summed E-state index contributed by atoms with van der Waals surface area (Å²) in [4.78, 5) is 8.76. The van der Waals surface area contributed by atoms with Crippen molar-refractivity contribution in [3.8, 4) is 0 Å². The summed E-state index contributed by atoms with van der Waals surface area (Å²) in [6.07, 6.45) is 1.76. The summed E-state index contributed by atoms with van der Waals surface area (Å²) in [6, 6.07) is 1.99. The zero-order valence-corrected chi connectivity index (χ0v) is 13.2. The molecule has 102 valence electrons. The number of halogens is 1. The highest BCUT2D eigenvalue weighted by molar-refractivity contribution is 7.09. The van der Waals surface area contributed by atoms with Crippen molar-refractivity contribution in [3.63, 3.8) is 0 Å². The van der Waals surface area contributed by atoms with Crippen molar-refractivity contribution < 1.29 is 0 Å². The summed E-state index contributed by atoms with van der Waals surface area (Å²) in [5, 5.41) is 7.02. The van der Waals surface area contributed by atoms with E-state index in [1.807, 2.05) is 13.0 Å². The van der Waals surface area contributed by atoms with Crippen LogP contribution in [0.1, 0.15) is 37.0 Å². The average molecular weight is 296 g/mol. The van der Waals surface area contributed by atoms with Crippen LogP contribution in [0.4, 0.5) is 5.69 Å². The second kappa shape index (κ2) is 5.47. The average Bonchev–Trinajstić information content (AvgIpc) is 2.79. The second-order valence-electron chi connectivity index (χ2n) is 5.60. The quantitative estimate of drug-likeness (QED) is 0.852. The van der Waals surface area contributed by atoms with Gasteiger partial charge in [-0.3, -0.25) is 0 Å². The van der Waals surface area contributed by atoms with Gasteiger partial charge in [-0.15, -0.1) is 11.3 Å². The van der Waals surface area contributed by atoms with E-state index in [0.717, 1.165) is 22.0 Å². The molecule has 2 heterocycles. The Labute approximate surface area is 123 Å². The molecule has 5 heteroatoms. The van der Waals surface area contributed by atoms with Crippen molar-refractivity contribution in [2.45, 2.75) is 39.7 Å². The van der Waals surface area contributed by atoms with Crippen LogP contribution in [0.3, 0.4) is 0 Å². The minimum atomic E-state index is 0.103. The van der Waals surface area contributed by atoms with Gasteiger partial charge in [-0.1, -0.05) is 32.4 Å². The van der Waals surface area contributed by atoms with Crippen molar-refractivity contribution in [1.82, 2.24) is 9.97 Å². The number of hydrogen-bond acceptors (Lipinski definition) is 4. The molecular weight excluding hydrogens is 278 g/mol. The third-order valence-electron chi connectivity index (χ3n) is 2.63. The molecule has 0 aliphatic rings. The zero-order valence-electron chi connectivity index (χ0n) is 11.6. The molecule has 0 atom stereocenters. The van der Waals surface area contributed by atoms with Crippen molar-refractivity contribution >= 4 is 28.6 Å². The fourth-order valence-electron chi connectivity index (χ4n) is 1.59. The maximum Gasteiger partial charge on any atom is 0.152 e. The Morgan fingerprint density at radius 1 is 1.37 bits per heavy atom. The van der Waals surface area contributed by atoms with E-state index < -0.39 is 0 Å². The lowest BCUT2D eigenvalue weighted by molar-refractivity contribution is 0.583. The lowest BCUT2D eigenvalue weighted by Gasteiger charge is -2.13. The molecule has 19 heavy (non-hydrogen) atoms. The third-order valence-corrected chi connectivity index (χ3v) is 4.25. The van der Waals surface area contributed by atoms with Gasteiger partial charge < -0.3 is 5.32 Å². The van der Waals surface area contributed by atoms with E-state index >= 15 is 0 Å². The maximum absolute atomic E-state index is 6.05. The molecule has 0 fully saturated rings. The molecule has 0 radical (unpaired) electrons. The van der Waals surface area contributed by atoms with Crippen LogP contribution in [0.25, 0.3) is 0 Å². The van der Waals surface area contributed by atoms with Crippen LogP contribution in [-0.4, -0.2) is 9.97 Å².